The first-order valence-electron chi connectivity index (χ1n) is 9.43. The molecule has 2 aromatic carbocycles. The van der Waals surface area contributed by atoms with Crippen molar-refractivity contribution in [2.75, 3.05) is 26.7 Å². The molecular weight excluding hydrogens is 352 g/mol. The van der Waals surface area contributed by atoms with Crippen LogP contribution in [0.15, 0.2) is 60.8 Å². The third kappa shape index (κ3) is 3.39. The van der Waals surface area contributed by atoms with E-state index in [1.807, 2.05) is 47.4 Å². The number of ether oxygens (including phenoxy) is 1. The quantitative estimate of drug-likeness (QED) is 0.717. The van der Waals surface area contributed by atoms with Crippen LogP contribution in [0.1, 0.15) is 21.8 Å². The molecule has 3 N–H and O–H groups in total. The van der Waals surface area contributed by atoms with Gasteiger partial charge in [0, 0.05) is 24.6 Å². The number of nitrogens with one attached hydrogen (secondary N) is 1. The summed E-state index contributed by atoms with van der Waals surface area (Å²) in [7, 11) is 1.63. The molecule has 28 heavy (non-hydrogen) atoms. The minimum absolute atomic E-state index is 0.0172. The zero-order chi connectivity index (χ0) is 19.5. The Hall–Kier alpha value is -3.12. The Morgan fingerprint density at radius 1 is 1.18 bits per heavy atom. The van der Waals surface area contributed by atoms with E-state index in [2.05, 4.69) is 22.3 Å². The monoisotopic (exact) mass is 376 g/mol. The van der Waals surface area contributed by atoms with Crippen LogP contribution in [0.4, 0.5) is 0 Å². The van der Waals surface area contributed by atoms with Crippen molar-refractivity contribution in [2.24, 2.45) is 11.7 Å². The lowest BCUT2D eigenvalue weighted by molar-refractivity contribution is 0.0787. The zero-order valence-corrected chi connectivity index (χ0v) is 15.8. The maximum absolute atomic E-state index is 13.3. The van der Waals surface area contributed by atoms with Crippen LogP contribution < -0.4 is 10.5 Å². The first kappa shape index (κ1) is 18.3. The molecule has 0 unspecified atom stereocenters. The van der Waals surface area contributed by atoms with Gasteiger partial charge in [-0.15, -0.1) is 0 Å². The van der Waals surface area contributed by atoms with Gasteiger partial charge in [-0.2, -0.15) is 5.10 Å². The third-order valence-electron chi connectivity index (χ3n) is 5.51. The van der Waals surface area contributed by atoms with E-state index in [1.165, 1.54) is 5.56 Å². The van der Waals surface area contributed by atoms with Crippen LogP contribution in [0.25, 0.3) is 11.3 Å². The largest absolute Gasteiger partial charge is 0.497 e. The first-order chi connectivity index (χ1) is 13.7. The van der Waals surface area contributed by atoms with Gasteiger partial charge < -0.3 is 15.4 Å². The Morgan fingerprint density at radius 2 is 1.93 bits per heavy atom. The number of carbonyl (C=O) groups excluding carboxylic acids is 1. The second-order valence-electron chi connectivity index (χ2n) is 7.11. The number of nitrogens with two attached hydrogens (primary N) is 1. The Morgan fingerprint density at radius 3 is 2.61 bits per heavy atom. The highest BCUT2D eigenvalue weighted by molar-refractivity contribution is 6.00. The summed E-state index contributed by atoms with van der Waals surface area (Å²) >= 11 is 0. The Bertz CT molecular complexity index is 937. The predicted octanol–water partition coefficient (Wildman–Crippen LogP) is 2.90. The van der Waals surface area contributed by atoms with E-state index >= 15 is 0 Å². The van der Waals surface area contributed by atoms with Crippen molar-refractivity contribution < 1.29 is 9.53 Å². The first-order valence-corrected chi connectivity index (χ1v) is 9.43. The summed E-state index contributed by atoms with van der Waals surface area (Å²) in [5, 5.41) is 7.09. The molecule has 144 valence electrons. The number of H-pyrrole nitrogens is 1. The van der Waals surface area contributed by atoms with E-state index < -0.39 is 0 Å². The van der Waals surface area contributed by atoms with Crippen molar-refractivity contribution in [1.29, 1.82) is 0 Å². The van der Waals surface area contributed by atoms with Gasteiger partial charge in [0.1, 0.15) is 5.75 Å². The topological polar surface area (TPSA) is 84.2 Å². The molecule has 1 fully saturated rings. The summed E-state index contributed by atoms with van der Waals surface area (Å²) in [6.07, 6.45) is 1.61. The Kier molecular flexibility index (Phi) is 5.12. The molecule has 1 aliphatic rings. The number of carbonyl (C=O) groups is 1. The minimum Gasteiger partial charge on any atom is -0.497 e. The number of aromatic amines is 1. The standard InChI is InChI=1S/C22H24N4O2/c1-28-18-9-7-16(8-10-18)21-19(12-24-25-21)22(27)26-13-17(11-23)20(14-26)15-5-3-2-4-6-15/h2-10,12,17,20H,11,13-14,23H2,1H3,(H,24,25)/t17-,20+/m1/s1. The molecule has 6 nitrogen and oxygen atoms in total. The van der Waals surface area contributed by atoms with Gasteiger partial charge in [-0.1, -0.05) is 30.3 Å². The SMILES string of the molecule is COc1ccc(-c2[nH]ncc2C(=O)N2C[C@@H](CN)[C@H](c3ccccc3)C2)cc1. The maximum Gasteiger partial charge on any atom is 0.257 e. The molecule has 1 saturated heterocycles. The summed E-state index contributed by atoms with van der Waals surface area (Å²) < 4.78 is 5.21. The molecule has 1 aromatic heterocycles. The van der Waals surface area contributed by atoms with E-state index in [0.29, 0.717) is 25.2 Å². The number of amides is 1. The molecule has 0 saturated carbocycles. The van der Waals surface area contributed by atoms with Gasteiger partial charge in [-0.25, -0.2) is 0 Å². The normalized spacial score (nSPS) is 19.0. The number of aromatic nitrogens is 2. The van der Waals surface area contributed by atoms with Crippen LogP contribution in [0.2, 0.25) is 0 Å². The fourth-order valence-corrected chi connectivity index (χ4v) is 3.95. The lowest BCUT2D eigenvalue weighted by Crippen LogP contribution is -2.30. The molecule has 4 rings (SSSR count). The molecule has 2 atom stereocenters. The van der Waals surface area contributed by atoms with Gasteiger partial charge in [0.05, 0.1) is 24.6 Å². The Balaban J connectivity index is 1.58. The molecule has 3 aromatic rings. The van der Waals surface area contributed by atoms with E-state index in [-0.39, 0.29) is 17.7 Å². The van der Waals surface area contributed by atoms with Crippen LogP contribution in [-0.4, -0.2) is 47.7 Å². The molecule has 1 aliphatic heterocycles. The smallest absolute Gasteiger partial charge is 0.257 e. The molecule has 0 spiro atoms. The third-order valence-corrected chi connectivity index (χ3v) is 5.51. The van der Waals surface area contributed by atoms with Crippen LogP contribution in [0.3, 0.4) is 0 Å². The molecule has 6 heteroatoms. The number of rotatable bonds is 5. The van der Waals surface area contributed by atoms with Crippen molar-refractivity contribution >= 4 is 5.91 Å². The highest BCUT2D eigenvalue weighted by Crippen LogP contribution is 2.34. The molecule has 0 bridgehead atoms. The highest BCUT2D eigenvalue weighted by atomic mass is 16.5. The lowest BCUT2D eigenvalue weighted by atomic mass is 9.89. The van der Waals surface area contributed by atoms with Gasteiger partial charge in [0.25, 0.3) is 5.91 Å². The van der Waals surface area contributed by atoms with Crippen LogP contribution in [0, 0.1) is 5.92 Å². The van der Waals surface area contributed by atoms with E-state index in [1.54, 1.807) is 13.3 Å². The Labute approximate surface area is 164 Å². The van der Waals surface area contributed by atoms with Crippen LogP contribution >= 0.6 is 0 Å². The van der Waals surface area contributed by atoms with E-state index in [4.69, 9.17) is 10.5 Å². The molecule has 0 radical (unpaired) electrons. The van der Waals surface area contributed by atoms with Gasteiger partial charge >= 0.3 is 0 Å². The second-order valence-corrected chi connectivity index (χ2v) is 7.11. The van der Waals surface area contributed by atoms with Gasteiger partial charge in [0.2, 0.25) is 0 Å². The van der Waals surface area contributed by atoms with Crippen LogP contribution in [-0.2, 0) is 0 Å². The zero-order valence-electron chi connectivity index (χ0n) is 15.8. The summed E-state index contributed by atoms with van der Waals surface area (Å²) in [5.41, 5.74) is 9.45. The number of nitrogens with zero attached hydrogens (tertiary/aromatic N) is 2. The predicted molar refractivity (Wildman–Crippen MR) is 108 cm³/mol. The fraction of sp³-hybridized carbons (Fsp3) is 0.273. The molecule has 2 heterocycles. The van der Waals surface area contributed by atoms with Crippen molar-refractivity contribution in [3.05, 3.63) is 71.9 Å². The number of methoxy groups -OCH3 is 1. The average Bonchev–Trinajstić information content (AvgIpc) is 3.41. The summed E-state index contributed by atoms with van der Waals surface area (Å²) in [6.45, 7) is 1.88. The number of benzene rings is 2. The molecule has 1 amide bonds. The number of hydrogen-bond donors (Lipinski definition) is 2. The minimum atomic E-state index is -0.0172. The maximum atomic E-state index is 13.3. The average molecular weight is 376 g/mol. The van der Waals surface area contributed by atoms with Crippen molar-refractivity contribution in [3.8, 4) is 17.0 Å². The fourth-order valence-electron chi connectivity index (χ4n) is 3.95. The van der Waals surface area contributed by atoms with Gasteiger partial charge in [-0.3, -0.25) is 9.89 Å². The summed E-state index contributed by atoms with van der Waals surface area (Å²) in [6, 6.07) is 17.9. The van der Waals surface area contributed by atoms with Crippen molar-refractivity contribution in [2.45, 2.75) is 5.92 Å². The van der Waals surface area contributed by atoms with E-state index in [9.17, 15) is 4.79 Å². The number of hydrogen-bond acceptors (Lipinski definition) is 4. The highest BCUT2D eigenvalue weighted by Gasteiger charge is 2.36. The van der Waals surface area contributed by atoms with Crippen molar-refractivity contribution in [3.63, 3.8) is 0 Å². The van der Waals surface area contributed by atoms with Gasteiger partial charge in [0.15, 0.2) is 0 Å². The number of likely N-dealkylation sites (tertiary alicyclic amines) is 1. The van der Waals surface area contributed by atoms with E-state index in [0.717, 1.165) is 17.0 Å². The summed E-state index contributed by atoms with van der Waals surface area (Å²) in [5.74, 6) is 1.26. The summed E-state index contributed by atoms with van der Waals surface area (Å²) in [4.78, 5) is 15.2. The van der Waals surface area contributed by atoms with Crippen molar-refractivity contribution in [1.82, 2.24) is 15.1 Å². The lowest BCUT2D eigenvalue weighted by Gasteiger charge is -2.17. The van der Waals surface area contributed by atoms with Gasteiger partial charge in [-0.05, 0) is 42.3 Å². The molecular formula is C22H24N4O2. The van der Waals surface area contributed by atoms with Crippen LogP contribution in [0.5, 0.6) is 5.75 Å². The second kappa shape index (κ2) is 7.86. The molecule has 0 aliphatic carbocycles.